The van der Waals surface area contributed by atoms with Gasteiger partial charge in [-0.25, -0.2) is 27.4 Å². The molecule has 1 aliphatic heterocycles. The molecule has 4 rings (SSSR count). The molecule has 0 saturated carbocycles. The molecule has 7 nitrogen and oxygen atoms in total. The number of aryl methyl sites for hydroxylation is 1. The van der Waals surface area contributed by atoms with Crippen LogP contribution in [0.2, 0.25) is 0 Å². The highest BCUT2D eigenvalue weighted by Crippen LogP contribution is 2.38. The molecule has 0 spiro atoms. The Morgan fingerprint density at radius 3 is 2.36 bits per heavy atom. The molecule has 1 aliphatic rings. The van der Waals surface area contributed by atoms with Crippen molar-refractivity contribution in [3.05, 3.63) is 65.4 Å². The molecule has 0 saturated heterocycles. The largest absolute Gasteiger partial charge is 0.454 e. The highest BCUT2D eigenvalue weighted by Gasteiger charge is 2.20. The molecule has 1 aromatic heterocycles. The zero-order valence-corrected chi connectivity index (χ0v) is 15.3. The Balaban J connectivity index is 0.000000403. The van der Waals surface area contributed by atoms with Crippen molar-refractivity contribution in [3.8, 4) is 11.5 Å². The van der Waals surface area contributed by atoms with Crippen molar-refractivity contribution in [2.75, 3.05) is 6.79 Å². The molecule has 0 amide bonds. The standard InChI is InChI=1S/C19H14FO3.ClHO4/c1-12-7-14-9-18-19(22-11-21-18)10-16(14)17(23-12)6-5-13-3-2-4-15(20)8-13;2-1(3,4)5/h2-10H,11H2,1H3;(H,2,3,4,5)/q+1;/p-1/b6-5+;. The quantitative estimate of drug-likeness (QED) is 0.559. The van der Waals surface area contributed by atoms with Gasteiger partial charge in [0.15, 0.2) is 11.5 Å². The number of fused-ring (bicyclic) bond motifs is 2. The maximum atomic E-state index is 13.3. The smallest absolute Gasteiger partial charge is 0.360 e. The zero-order valence-electron chi connectivity index (χ0n) is 14.5. The fourth-order valence-electron chi connectivity index (χ4n) is 2.67. The number of benzene rings is 2. The third-order valence-corrected chi connectivity index (χ3v) is 3.72. The normalized spacial score (nSPS) is 12.9. The lowest BCUT2D eigenvalue weighted by Gasteiger charge is -2.17. The van der Waals surface area contributed by atoms with Crippen LogP contribution in [0.5, 0.6) is 11.5 Å². The summed E-state index contributed by atoms with van der Waals surface area (Å²) in [6.45, 7) is 2.12. The van der Waals surface area contributed by atoms with Crippen molar-refractivity contribution in [2.45, 2.75) is 6.92 Å². The summed E-state index contributed by atoms with van der Waals surface area (Å²) in [6, 6.07) is 12.2. The Hall–Kier alpha value is -2.75. The average molecular weight is 409 g/mol. The minimum Gasteiger partial charge on any atom is -0.454 e. The predicted molar refractivity (Wildman–Crippen MR) is 86.8 cm³/mol. The van der Waals surface area contributed by atoms with Crippen LogP contribution < -0.4 is 28.1 Å². The summed E-state index contributed by atoms with van der Waals surface area (Å²) in [4.78, 5) is 0. The first-order valence-corrected chi connectivity index (χ1v) is 9.15. The van der Waals surface area contributed by atoms with Crippen LogP contribution in [-0.2, 0) is 0 Å². The first kappa shape index (κ1) is 20.0. The maximum Gasteiger partial charge on any atom is 0.360 e. The molecule has 2 aromatic carbocycles. The van der Waals surface area contributed by atoms with Gasteiger partial charge in [-0.15, -0.1) is 10.2 Å². The second kappa shape index (κ2) is 8.09. The molecule has 0 unspecified atom stereocenters. The fourth-order valence-corrected chi connectivity index (χ4v) is 2.67. The number of rotatable bonds is 2. The second-order valence-electron chi connectivity index (χ2n) is 5.78. The summed E-state index contributed by atoms with van der Waals surface area (Å²) in [5, 5.41) is 1.93. The lowest BCUT2D eigenvalue weighted by Crippen LogP contribution is -2.68. The molecule has 9 heteroatoms. The van der Waals surface area contributed by atoms with E-state index in [1.165, 1.54) is 12.1 Å². The first-order chi connectivity index (χ1) is 13.2. The molecule has 146 valence electrons. The fraction of sp³-hybridized carbons (Fsp3) is 0.105. The van der Waals surface area contributed by atoms with Crippen LogP contribution in [0.15, 0.2) is 46.9 Å². The summed E-state index contributed by atoms with van der Waals surface area (Å²) < 4.78 is 63.9. The Kier molecular flexibility index (Phi) is 5.78. The van der Waals surface area contributed by atoms with E-state index >= 15 is 0 Å². The Labute approximate surface area is 161 Å². The second-order valence-corrected chi connectivity index (χ2v) is 6.54. The van der Waals surface area contributed by atoms with Gasteiger partial charge < -0.3 is 9.47 Å². The Morgan fingerprint density at radius 2 is 1.68 bits per heavy atom. The molecule has 2 heterocycles. The van der Waals surface area contributed by atoms with Gasteiger partial charge in [-0.1, -0.05) is 12.1 Å². The molecule has 0 atom stereocenters. The van der Waals surface area contributed by atoms with Gasteiger partial charge >= 0.3 is 11.5 Å². The highest BCUT2D eigenvalue weighted by atomic mass is 35.7. The van der Waals surface area contributed by atoms with Gasteiger partial charge in [-0.05, 0) is 29.8 Å². The summed E-state index contributed by atoms with van der Waals surface area (Å²) >= 11 is 0. The van der Waals surface area contributed by atoms with E-state index < -0.39 is 10.2 Å². The van der Waals surface area contributed by atoms with Crippen molar-refractivity contribution in [2.24, 2.45) is 0 Å². The van der Waals surface area contributed by atoms with Gasteiger partial charge in [0.25, 0.3) is 0 Å². The van der Waals surface area contributed by atoms with Crippen LogP contribution in [0, 0.1) is 23.0 Å². The maximum absolute atomic E-state index is 13.3. The van der Waals surface area contributed by atoms with E-state index in [-0.39, 0.29) is 12.6 Å². The van der Waals surface area contributed by atoms with Gasteiger partial charge in [-0.2, -0.15) is 0 Å². The summed E-state index contributed by atoms with van der Waals surface area (Å²) in [7, 11) is -4.94. The van der Waals surface area contributed by atoms with Gasteiger partial charge in [0.1, 0.15) is 5.82 Å². The molecule has 0 radical (unpaired) electrons. The van der Waals surface area contributed by atoms with E-state index in [2.05, 4.69) is 0 Å². The van der Waals surface area contributed by atoms with E-state index in [0.29, 0.717) is 11.5 Å². The van der Waals surface area contributed by atoms with Crippen molar-refractivity contribution in [1.82, 2.24) is 0 Å². The number of ether oxygens (including phenoxy) is 2. The van der Waals surface area contributed by atoms with Crippen LogP contribution >= 0.6 is 0 Å². The lowest BCUT2D eigenvalue weighted by molar-refractivity contribution is -2.00. The lowest BCUT2D eigenvalue weighted by atomic mass is 10.1. The van der Waals surface area contributed by atoms with E-state index in [0.717, 1.165) is 27.8 Å². The third-order valence-electron chi connectivity index (χ3n) is 3.72. The monoisotopic (exact) mass is 408 g/mol. The highest BCUT2D eigenvalue weighted by molar-refractivity contribution is 5.93. The summed E-state index contributed by atoms with van der Waals surface area (Å²) in [5.74, 6) is 2.67. The zero-order chi connectivity index (χ0) is 20.3. The molecule has 28 heavy (non-hydrogen) atoms. The van der Waals surface area contributed by atoms with Crippen LogP contribution in [0.4, 0.5) is 4.39 Å². The Morgan fingerprint density at radius 1 is 1.00 bits per heavy atom. The van der Waals surface area contributed by atoms with Crippen LogP contribution in [0.25, 0.3) is 22.9 Å². The first-order valence-electron chi connectivity index (χ1n) is 7.91. The average Bonchev–Trinajstić information content (AvgIpc) is 3.03. The van der Waals surface area contributed by atoms with Crippen LogP contribution in [-0.4, -0.2) is 6.79 Å². The summed E-state index contributed by atoms with van der Waals surface area (Å²) in [5.41, 5.74) is 0.774. The minimum absolute atomic E-state index is 0.232. The van der Waals surface area contributed by atoms with Crippen LogP contribution in [0.1, 0.15) is 17.1 Å². The van der Waals surface area contributed by atoms with Gasteiger partial charge in [0.05, 0.1) is 12.3 Å². The molecular formula is C19H14ClFO7. The van der Waals surface area contributed by atoms with Gasteiger partial charge in [0.2, 0.25) is 6.79 Å². The van der Waals surface area contributed by atoms with E-state index in [4.69, 9.17) is 32.5 Å². The van der Waals surface area contributed by atoms with E-state index in [9.17, 15) is 4.39 Å². The van der Waals surface area contributed by atoms with Crippen LogP contribution in [0.3, 0.4) is 0 Å². The van der Waals surface area contributed by atoms with Crippen molar-refractivity contribution in [3.63, 3.8) is 0 Å². The van der Waals surface area contributed by atoms with Crippen molar-refractivity contribution in [1.29, 1.82) is 0 Å². The summed E-state index contributed by atoms with van der Waals surface area (Å²) in [6.07, 6.45) is 3.66. The molecule has 3 aromatic rings. The number of hydrogen-bond acceptors (Lipinski definition) is 6. The Bertz CT molecular complexity index is 1020. The molecule has 0 N–H and O–H groups in total. The molecule has 0 aliphatic carbocycles. The van der Waals surface area contributed by atoms with Gasteiger partial charge in [0, 0.05) is 23.6 Å². The topological polar surface area (TPSA) is 122 Å². The van der Waals surface area contributed by atoms with E-state index in [1.807, 2.05) is 43.3 Å². The van der Waals surface area contributed by atoms with Crippen molar-refractivity contribution < 1.29 is 47.2 Å². The number of hydrogen-bond donors (Lipinski definition) is 0. The predicted octanol–water partition coefficient (Wildman–Crippen LogP) is 0.305. The van der Waals surface area contributed by atoms with E-state index in [1.54, 1.807) is 6.07 Å². The minimum atomic E-state index is -4.94. The van der Waals surface area contributed by atoms with Crippen molar-refractivity contribution >= 4 is 22.9 Å². The SMILES string of the molecule is Cc1cc2cc3c(cc2c(/C=C/c2cccc(F)c2)[o+]1)OCO3.[O-][Cl+3]([O-])([O-])[O-]. The number of halogens is 2. The third kappa shape index (κ3) is 5.38. The molecular weight excluding hydrogens is 395 g/mol. The molecule has 0 fully saturated rings. The molecule has 0 bridgehead atoms. The van der Waals surface area contributed by atoms with Gasteiger partial charge in [-0.3, -0.25) is 0 Å².